The number of pyridine rings is 1. The number of halogens is 3. The minimum Gasteiger partial charge on any atom is -0.383 e. The predicted molar refractivity (Wildman–Crippen MR) is 54.2 cm³/mol. The maximum atomic E-state index is 12.4. The lowest BCUT2D eigenvalue weighted by Crippen LogP contribution is -2.09. The van der Waals surface area contributed by atoms with E-state index in [1.54, 1.807) is 0 Å². The Hall–Kier alpha value is -0.500. The number of hydrogen-bond acceptors (Lipinski definition) is 3. The van der Waals surface area contributed by atoms with Gasteiger partial charge in [0.1, 0.15) is 9.52 Å². The van der Waals surface area contributed by atoms with Crippen LogP contribution in [0, 0.1) is 3.70 Å². The van der Waals surface area contributed by atoms with Gasteiger partial charge < -0.3 is 11.5 Å². The zero-order valence-electron chi connectivity index (χ0n) is 6.60. The molecule has 3 nitrogen and oxygen atoms in total. The Labute approximate surface area is 87.7 Å². The molecule has 0 aliphatic rings. The van der Waals surface area contributed by atoms with Crippen LogP contribution >= 0.6 is 22.6 Å². The number of hydrogen-bond donors (Lipinski definition) is 2. The van der Waals surface area contributed by atoms with E-state index in [9.17, 15) is 8.78 Å². The Balaban J connectivity index is 3.29. The van der Waals surface area contributed by atoms with Crippen LogP contribution in [0.1, 0.15) is 17.6 Å². The van der Waals surface area contributed by atoms with Crippen LogP contribution in [0.4, 0.5) is 14.6 Å². The molecule has 0 saturated heterocycles. The minimum absolute atomic E-state index is 0.0184. The van der Waals surface area contributed by atoms with Gasteiger partial charge in [-0.1, -0.05) is 0 Å². The fourth-order valence-electron chi connectivity index (χ4n) is 0.995. The summed E-state index contributed by atoms with van der Waals surface area (Å²) < 4.78 is 25.3. The number of aromatic nitrogens is 1. The molecule has 1 heterocycles. The first-order chi connectivity index (χ1) is 6.06. The molecule has 1 aromatic rings. The number of nitrogens with zero attached hydrogens (tertiary/aromatic N) is 1. The smallest absolute Gasteiger partial charge is 0.264 e. The lowest BCUT2D eigenvalue weighted by atomic mass is 10.1. The van der Waals surface area contributed by atoms with Crippen molar-refractivity contribution in [2.75, 3.05) is 5.73 Å². The van der Waals surface area contributed by atoms with Crippen LogP contribution in [0.5, 0.6) is 0 Å². The van der Waals surface area contributed by atoms with Crippen LogP contribution in [0.15, 0.2) is 6.07 Å². The predicted octanol–water partition coefficient (Wildman–Crippen LogP) is 1.66. The first-order valence-electron chi connectivity index (χ1n) is 3.49. The summed E-state index contributed by atoms with van der Waals surface area (Å²) in [7, 11) is 0. The summed E-state index contributed by atoms with van der Waals surface area (Å²) in [4.78, 5) is 3.84. The maximum absolute atomic E-state index is 12.4. The molecule has 4 N–H and O–H groups in total. The first-order valence-corrected chi connectivity index (χ1v) is 4.57. The third kappa shape index (κ3) is 2.25. The molecule has 0 amide bonds. The molecular weight excluding hydrogens is 291 g/mol. The van der Waals surface area contributed by atoms with Crippen LogP contribution in [-0.4, -0.2) is 4.98 Å². The summed E-state index contributed by atoms with van der Waals surface area (Å²) in [5.41, 5.74) is 10.8. The molecule has 0 unspecified atom stereocenters. The van der Waals surface area contributed by atoms with Crippen molar-refractivity contribution in [3.63, 3.8) is 0 Å². The number of anilines is 1. The minimum atomic E-state index is -2.56. The lowest BCUT2D eigenvalue weighted by molar-refractivity contribution is 0.150. The van der Waals surface area contributed by atoms with Crippen LogP contribution in [0.25, 0.3) is 0 Å². The van der Waals surface area contributed by atoms with E-state index in [0.29, 0.717) is 3.70 Å². The summed E-state index contributed by atoms with van der Waals surface area (Å²) in [6.45, 7) is -0.0184. The van der Waals surface area contributed by atoms with E-state index in [0.717, 1.165) is 0 Å². The molecule has 0 aliphatic heterocycles. The van der Waals surface area contributed by atoms with E-state index in [-0.39, 0.29) is 23.5 Å². The molecule has 0 fully saturated rings. The van der Waals surface area contributed by atoms with Gasteiger partial charge in [-0.3, -0.25) is 0 Å². The largest absolute Gasteiger partial charge is 0.383 e. The molecule has 0 spiro atoms. The fourth-order valence-corrected chi connectivity index (χ4v) is 1.59. The molecule has 1 aromatic heterocycles. The van der Waals surface area contributed by atoms with E-state index < -0.39 is 6.43 Å². The highest BCUT2D eigenvalue weighted by atomic mass is 127. The Morgan fingerprint density at radius 1 is 1.54 bits per heavy atom. The third-order valence-electron chi connectivity index (χ3n) is 1.60. The number of rotatable bonds is 2. The first kappa shape index (κ1) is 10.6. The molecule has 6 heteroatoms. The lowest BCUT2D eigenvalue weighted by Gasteiger charge is -2.09. The number of nitrogens with two attached hydrogens (primary N) is 2. The summed E-state index contributed by atoms with van der Waals surface area (Å²) in [6.07, 6.45) is -2.56. The van der Waals surface area contributed by atoms with Gasteiger partial charge in [0.2, 0.25) is 0 Å². The van der Waals surface area contributed by atoms with E-state index in [2.05, 4.69) is 4.98 Å². The molecule has 0 aromatic carbocycles. The van der Waals surface area contributed by atoms with Gasteiger partial charge in [0.05, 0.1) is 0 Å². The number of alkyl halides is 2. The molecule has 0 bridgehead atoms. The van der Waals surface area contributed by atoms with Crippen LogP contribution in [-0.2, 0) is 6.54 Å². The highest BCUT2D eigenvalue weighted by Crippen LogP contribution is 2.26. The van der Waals surface area contributed by atoms with Crippen molar-refractivity contribution in [3.05, 3.63) is 20.9 Å². The zero-order chi connectivity index (χ0) is 10.0. The third-order valence-corrected chi connectivity index (χ3v) is 2.15. The molecule has 0 radical (unpaired) electrons. The summed E-state index contributed by atoms with van der Waals surface area (Å²) >= 11 is 1.83. The van der Waals surface area contributed by atoms with E-state index in [4.69, 9.17) is 11.5 Å². The van der Waals surface area contributed by atoms with Gasteiger partial charge in [-0.2, -0.15) is 0 Å². The van der Waals surface area contributed by atoms with E-state index in [1.807, 2.05) is 22.6 Å². The highest BCUT2D eigenvalue weighted by molar-refractivity contribution is 14.1. The highest BCUT2D eigenvalue weighted by Gasteiger charge is 2.16. The maximum Gasteiger partial charge on any atom is 0.264 e. The zero-order valence-corrected chi connectivity index (χ0v) is 8.76. The van der Waals surface area contributed by atoms with Crippen LogP contribution < -0.4 is 11.5 Å². The second-order valence-electron chi connectivity index (χ2n) is 2.40. The summed E-state index contributed by atoms with van der Waals surface area (Å²) in [5, 5.41) is 0. The molecule has 0 atom stereocenters. The monoisotopic (exact) mass is 299 g/mol. The molecule has 0 saturated carbocycles. The summed E-state index contributed by atoms with van der Waals surface area (Å²) in [5.74, 6) is 0.0877. The summed E-state index contributed by atoms with van der Waals surface area (Å²) in [6, 6.07) is 1.30. The van der Waals surface area contributed by atoms with Gasteiger partial charge in [-0.05, 0) is 28.7 Å². The Morgan fingerprint density at radius 3 is 2.62 bits per heavy atom. The standard InChI is InChI=1S/C7H8F2IN3/c8-6(9)3-1-5(10)13-7(12)4(3)2-11/h1,6H,2,11H2,(H2,12,13). The van der Waals surface area contributed by atoms with E-state index >= 15 is 0 Å². The average molecular weight is 299 g/mol. The van der Waals surface area contributed by atoms with Crippen molar-refractivity contribution in [1.82, 2.24) is 4.98 Å². The molecular formula is C7H8F2IN3. The topological polar surface area (TPSA) is 64.9 Å². The average Bonchev–Trinajstić information content (AvgIpc) is 2.02. The quantitative estimate of drug-likeness (QED) is 0.645. The number of nitrogen functional groups attached to an aromatic ring is 1. The van der Waals surface area contributed by atoms with E-state index in [1.165, 1.54) is 6.07 Å². The van der Waals surface area contributed by atoms with Gasteiger partial charge in [-0.25, -0.2) is 13.8 Å². The Bertz CT molecular complexity index is 317. The second-order valence-corrected chi connectivity index (χ2v) is 3.51. The molecule has 13 heavy (non-hydrogen) atoms. The van der Waals surface area contributed by atoms with Crippen molar-refractivity contribution < 1.29 is 8.78 Å². The van der Waals surface area contributed by atoms with Gasteiger partial charge in [-0.15, -0.1) is 0 Å². The van der Waals surface area contributed by atoms with Gasteiger partial charge in [0, 0.05) is 17.7 Å². The van der Waals surface area contributed by atoms with Crippen molar-refractivity contribution in [1.29, 1.82) is 0 Å². The second kappa shape index (κ2) is 4.14. The van der Waals surface area contributed by atoms with Crippen molar-refractivity contribution in [2.24, 2.45) is 5.73 Å². The Kier molecular flexibility index (Phi) is 3.37. The normalized spacial score (nSPS) is 10.8. The van der Waals surface area contributed by atoms with Crippen molar-refractivity contribution in [3.8, 4) is 0 Å². The van der Waals surface area contributed by atoms with Crippen LogP contribution in [0.2, 0.25) is 0 Å². The van der Waals surface area contributed by atoms with Gasteiger partial charge in [0.25, 0.3) is 6.43 Å². The van der Waals surface area contributed by atoms with Crippen LogP contribution in [0.3, 0.4) is 0 Å². The molecule has 72 valence electrons. The van der Waals surface area contributed by atoms with Gasteiger partial charge >= 0.3 is 0 Å². The fraction of sp³-hybridized carbons (Fsp3) is 0.286. The van der Waals surface area contributed by atoms with Crippen molar-refractivity contribution >= 4 is 28.4 Å². The molecule has 1 rings (SSSR count). The van der Waals surface area contributed by atoms with Crippen molar-refractivity contribution in [2.45, 2.75) is 13.0 Å². The SMILES string of the molecule is NCc1c(C(F)F)cc(I)nc1N. The Morgan fingerprint density at radius 2 is 2.15 bits per heavy atom. The molecule has 0 aliphatic carbocycles. The van der Waals surface area contributed by atoms with Gasteiger partial charge in [0.15, 0.2) is 0 Å².